The molecule has 1 aromatic rings. The molecule has 0 radical (unpaired) electrons. The Morgan fingerprint density at radius 1 is 1.40 bits per heavy atom. The van der Waals surface area contributed by atoms with Crippen LogP contribution in [0.1, 0.15) is 13.3 Å². The number of rotatable bonds is 2. The van der Waals surface area contributed by atoms with Gasteiger partial charge in [-0.3, -0.25) is 0 Å². The topological polar surface area (TPSA) is 58.9 Å². The standard InChI is InChI=1S/C9H18N6/c1-7-6-14(2)5-4-8(7)10-9-11-12-13-15(9)3/h7-8H,4-6H2,1-3H3,(H,10,11,13). The summed E-state index contributed by atoms with van der Waals surface area (Å²) in [6, 6.07) is 0.478. The van der Waals surface area contributed by atoms with Crippen LogP contribution in [0.2, 0.25) is 0 Å². The van der Waals surface area contributed by atoms with E-state index in [1.54, 1.807) is 4.68 Å². The highest BCUT2D eigenvalue weighted by molar-refractivity contribution is 5.24. The van der Waals surface area contributed by atoms with E-state index in [1.165, 1.54) is 0 Å². The maximum Gasteiger partial charge on any atom is 0.242 e. The molecule has 6 heteroatoms. The molecule has 1 fully saturated rings. The molecule has 2 atom stereocenters. The van der Waals surface area contributed by atoms with Crippen molar-refractivity contribution >= 4 is 5.95 Å². The van der Waals surface area contributed by atoms with Gasteiger partial charge >= 0.3 is 0 Å². The molecule has 6 nitrogen and oxygen atoms in total. The fourth-order valence-corrected chi connectivity index (χ4v) is 2.09. The molecule has 15 heavy (non-hydrogen) atoms. The molecule has 1 aliphatic heterocycles. The molecule has 84 valence electrons. The maximum absolute atomic E-state index is 3.94. The van der Waals surface area contributed by atoms with Gasteiger partial charge in [-0.25, -0.2) is 4.68 Å². The van der Waals surface area contributed by atoms with Crippen LogP contribution in [0.5, 0.6) is 0 Å². The third-order valence-electron chi connectivity index (χ3n) is 3.04. The first kappa shape index (κ1) is 10.4. The molecule has 1 aromatic heterocycles. The van der Waals surface area contributed by atoms with Gasteiger partial charge in [-0.15, -0.1) is 0 Å². The zero-order valence-electron chi connectivity index (χ0n) is 9.51. The van der Waals surface area contributed by atoms with E-state index in [2.05, 4.69) is 39.7 Å². The van der Waals surface area contributed by atoms with Crippen molar-refractivity contribution in [3.8, 4) is 0 Å². The summed E-state index contributed by atoms with van der Waals surface area (Å²) in [6.45, 7) is 4.52. The van der Waals surface area contributed by atoms with Crippen LogP contribution in [-0.2, 0) is 7.05 Å². The predicted molar refractivity (Wildman–Crippen MR) is 57.5 cm³/mol. The highest BCUT2D eigenvalue weighted by Crippen LogP contribution is 2.18. The van der Waals surface area contributed by atoms with E-state index < -0.39 is 0 Å². The number of hydrogen-bond acceptors (Lipinski definition) is 5. The van der Waals surface area contributed by atoms with Gasteiger partial charge in [0.15, 0.2) is 0 Å². The minimum Gasteiger partial charge on any atom is -0.350 e. The van der Waals surface area contributed by atoms with Gasteiger partial charge in [-0.2, -0.15) is 0 Å². The Morgan fingerprint density at radius 2 is 2.20 bits per heavy atom. The summed E-state index contributed by atoms with van der Waals surface area (Å²) in [4.78, 5) is 2.36. The number of aromatic nitrogens is 4. The Hall–Kier alpha value is -1.17. The van der Waals surface area contributed by atoms with Gasteiger partial charge in [-0.1, -0.05) is 12.0 Å². The van der Waals surface area contributed by atoms with Crippen LogP contribution in [0.25, 0.3) is 0 Å². The molecular weight excluding hydrogens is 192 g/mol. The van der Waals surface area contributed by atoms with Crippen molar-refractivity contribution in [2.75, 3.05) is 25.5 Å². The normalized spacial score (nSPS) is 27.9. The zero-order valence-corrected chi connectivity index (χ0v) is 9.51. The predicted octanol–water partition coefficient (Wildman–Crippen LogP) is -0.0378. The minimum absolute atomic E-state index is 0.478. The molecule has 2 rings (SSSR count). The molecule has 0 aromatic carbocycles. The van der Waals surface area contributed by atoms with Crippen molar-refractivity contribution in [3.63, 3.8) is 0 Å². The molecule has 2 unspecified atom stereocenters. The second-order valence-electron chi connectivity index (χ2n) is 4.41. The summed E-state index contributed by atoms with van der Waals surface area (Å²) in [5.74, 6) is 1.39. The number of aryl methyl sites for hydroxylation is 1. The summed E-state index contributed by atoms with van der Waals surface area (Å²) >= 11 is 0. The first-order valence-electron chi connectivity index (χ1n) is 5.34. The van der Waals surface area contributed by atoms with Gasteiger partial charge in [0.1, 0.15) is 0 Å². The summed E-state index contributed by atoms with van der Waals surface area (Å²) in [6.07, 6.45) is 1.14. The van der Waals surface area contributed by atoms with Crippen LogP contribution in [0, 0.1) is 5.92 Å². The van der Waals surface area contributed by atoms with Gasteiger partial charge in [-0.05, 0) is 36.4 Å². The molecular formula is C9H18N6. The van der Waals surface area contributed by atoms with Gasteiger partial charge < -0.3 is 10.2 Å². The molecule has 1 N–H and O–H groups in total. The van der Waals surface area contributed by atoms with Gasteiger partial charge in [0.05, 0.1) is 0 Å². The monoisotopic (exact) mass is 210 g/mol. The van der Waals surface area contributed by atoms with Crippen molar-refractivity contribution in [1.82, 2.24) is 25.1 Å². The molecule has 0 aliphatic carbocycles. The molecule has 1 saturated heterocycles. The van der Waals surface area contributed by atoms with E-state index in [9.17, 15) is 0 Å². The fourth-order valence-electron chi connectivity index (χ4n) is 2.09. The summed E-state index contributed by atoms with van der Waals surface area (Å²) in [5, 5.41) is 14.8. The van der Waals surface area contributed by atoms with Crippen LogP contribution >= 0.6 is 0 Å². The van der Waals surface area contributed by atoms with Crippen LogP contribution in [-0.4, -0.2) is 51.3 Å². The molecule has 0 spiro atoms. The van der Waals surface area contributed by atoms with Crippen LogP contribution < -0.4 is 5.32 Å². The Morgan fingerprint density at radius 3 is 2.80 bits per heavy atom. The van der Waals surface area contributed by atoms with Crippen molar-refractivity contribution in [3.05, 3.63) is 0 Å². The van der Waals surface area contributed by atoms with E-state index in [0.717, 1.165) is 25.5 Å². The Labute approximate surface area is 89.6 Å². The quantitative estimate of drug-likeness (QED) is 0.742. The number of nitrogens with zero attached hydrogens (tertiary/aromatic N) is 5. The highest BCUT2D eigenvalue weighted by atomic mass is 15.6. The number of tetrazole rings is 1. The third kappa shape index (κ3) is 2.26. The van der Waals surface area contributed by atoms with Crippen LogP contribution in [0.4, 0.5) is 5.95 Å². The van der Waals surface area contributed by atoms with Crippen molar-refractivity contribution in [1.29, 1.82) is 0 Å². The molecule has 1 aliphatic rings. The molecule has 0 bridgehead atoms. The highest BCUT2D eigenvalue weighted by Gasteiger charge is 2.24. The minimum atomic E-state index is 0.478. The van der Waals surface area contributed by atoms with E-state index in [0.29, 0.717) is 12.0 Å². The summed E-state index contributed by atoms with van der Waals surface area (Å²) < 4.78 is 1.67. The lowest BCUT2D eigenvalue weighted by molar-refractivity contribution is 0.205. The second-order valence-corrected chi connectivity index (χ2v) is 4.41. The lowest BCUT2D eigenvalue weighted by Gasteiger charge is -2.35. The Balaban J connectivity index is 1.98. The van der Waals surface area contributed by atoms with Gasteiger partial charge in [0.25, 0.3) is 0 Å². The van der Waals surface area contributed by atoms with E-state index in [-0.39, 0.29) is 0 Å². The third-order valence-corrected chi connectivity index (χ3v) is 3.04. The summed E-state index contributed by atoms with van der Waals surface area (Å²) in [5.41, 5.74) is 0. The number of anilines is 1. The zero-order chi connectivity index (χ0) is 10.8. The SMILES string of the molecule is CC1CN(C)CCC1Nc1nnnn1C. The van der Waals surface area contributed by atoms with Crippen molar-refractivity contribution in [2.24, 2.45) is 13.0 Å². The number of piperidine rings is 1. The molecule has 0 saturated carbocycles. The second kappa shape index (κ2) is 4.14. The average Bonchev–Trinajstić information content (AvgIpc) is 2.57. The average molecular weight is 210 g/mol. The summed E-state index contributed by atoms with van der Waals surface area (Å²) in [7, 11) is 4.01. The largest absolute Gasteiger partial charge is 0.350 e. The number of nitrogens with one attached hydrogen (secondary N) is 1. The van der Waals surface area contributed by atoms with E-state index >= 15 is 0 Å². The van der Waals surface area contributed by atoms with Gasteiger partial charge in [0.2, 0.25) is 5.95 Å². The van der Waals surface area contributed by atoms with E-state index in [1.807, 2.05) is 7.05 Å². The molecule has 0 amide bonds. The maximum atomic E-state index is 3.94. The first-order valence-corrected chi connectivity index (χ1v) is 5.34. The first-order chi connectivity index (χ1) is 7.16. The van der Waals surface area contributed by atoms with Crippen LogP contribution in [0.15, 0.2) is 0 Å². The Bertz CT molecular complexity index is 322. The van der Waals surface area contributed by atoms with Crippen molar-refractivity contribution in [2.45, 2.75) is 19.4 Å². The molecule has 2 heterocycles. The number of likely N-dealkylation sites (tertiary alicyclic amines) is 1. The van der Waals surface area contributed by atoms with E-state index in [4.69, 9.17) is 0 Å². The lowest BCUT2D eigenvalue weighted by Crippen LogP contribution is -2.43. The fraction of sp³-hybridized carbons (Fsp3) is 0.889. The lowest BCUT2D eigenvalue weighted by atomic mass is 9.94. The smallest absolute Gasteiger partial charge is 0.242 e. The van der Waals surface area contributed by atoms with Gasteiger partial charge in [0, 0.05) is 19.6 Å². The Kier molecular flexibility index (Phi) is 2.86. The number of hydrogen-bond donors (Lipinski definition) is 1. The van der Waals surface area contributed by atoms with Crippen molar-refractivity contribution < 1.29 is 0 Å². The van der Waals surface area contributed by atoms with Crippen LogP contribution in [0.3, 0.4) is 0 Å².